The predicted octanol–water partition coefficient (Wildman–Crippen LogP) is 4.53. The molecule has 0 spiro atoms. The van der Waals surface area contributed by atoms with Gasteiger partial charge in [-0.25, -0.2) is 0 Å². The van der Waals surface area contributed by atoms with Gasteiger partial charge in [0.2, 0.25) is 0 Å². The van der Waals surface area contributed by atoms with E-state index >= 15 is 0 Å². The molecule has 1 unspecified atom stereocenters. The highest BCUT2D eigenvalue weighted by molar-refractivity contribution is 9.09. The minimum absolute atomic E-state index is 0.118. The lowest BCUT2D eigenvalue weighted by Gasteiger charge is -2.18. The van der Waals surface area contributed by atoms with Crippen molar-refractivity contribution in [1.82, 2.24) is 5.32 Å². The summed E-state index contributed by atoms with van der Waals surface area (Å²) in [6.45, 7) is 4.25. The summed E-state index contributed by atoms with van der Waals surface area (Å²) in [5, 5.41) is 4.55. The molecule has 1 aromatic carbocycles. The molecule has 0 heterocycles. The summed E-state index contributed by atoms with van der Waals surface area (Å²) in [6, 6.07) is 5.00. The Bertz CT molecular complexity index is 423. The normalized spacial score (nSPS) is 12.6. The molecular formula is C13H16BrCl2NO. The molecule has 1 N–H and O–H groups in total. The second kappa shape index (κ2) is 7.37. The predicted molar refractivity (Wildman–Crippen MR) is 81.0 cm³/mol. The molecule has 0 aliphatic carbocycles. The summed E-state index contributed by atoms with van der Waals surface area (Å²) in [5.41, 5.74) is 0.527. The third-order valence-electron chi connectivity index (χ3n) is 2.46. The van der Waals surface area contributed by atoms with Crippen molar-refractivity contribution >= 4 is 45.0 Å². The molecule has 1 amide bonds. The fourth-order valence-electron chi connectivity index (χ4n) is 1.64. The second-order valence-corrected chi connectivity index (χ2v) is 6.05. The summed E-state index contributed by atoms with van der Waals surface area (Å²) in [4.78, 5) is 12.0. The average Bonchev–Trinajstić information content (AvgIpc) is 2.31. The van der Waals surface area contributed by atoms with Crippen LogP contribution in [-0.4, -0.2) is 17.3 Å². The Morgan fingerprint density at radius 3 is 2.50 bits per heavy atom. The molecule has 0 radical (unpaired) electrons. The summed E-state index contributed by atoms with van der Waals surface area (Å²) >= 11 is 15.1. The van der Waals surface area contributed by atoms with Crippen LogP contribution in [0.3, 0.4) is 0 Å². The number of halogens is 3. The van der Waals surface area contributed by atoms with Crippen LogP contribution in [0, 0.1) is 5.92 Å². The van der Waals surface area contributed by atoms with Crippen LogP contribution in [0.5, 0.6) is 0 Å². The van der Waals surface area contributed by atoms with Crippen LogP contribution >= 0.6 is 39.1 Å². The molecule has 0 aliphatic rings. The maximum absolute atomic E-state index is 12.0. The quantitative estimate of drug-likeness (QED) is 0.775. The monoisotopic (exact) mass is 351 g/mol. The first kappa shape index (κ1) is 15.8. The van der Waals surface area contributed by atoms with Gasteiger partial charge in [0, 0.05) is 16.9 Å². The number of carbonyl (C=O) groups is 1. The number of nitrogens with one attached hydrogen (secondary N) is 1. The van der Waals surface area contributed by atoms with Crippen molar-refractivity contribution in [3.8, 4) is 0 Å². The molecule has 1 atom stereocenters. The van der Waals surface area contributed by atoms with Gasteiger partial charge in [0.15, 0.2) is 0 Å². The van der Waals surface area contributed by atoms with Crippen LogP contribution < -0.4 is 5.32 Å². The topological polar surface area (TPSA) is 29.1 Å². The zero-order chi connectivity index (χ0) is 13.7. The third-order valence-corrected chi connectivity index (χ3v) is 3.98. The number of rotatable bonds is 5. The molecule has 1 rings (SSSR count). The van der Waals surface area contributed by atoms with E-state index in [0.29, 0.717) is 21.5 Å². The summed E-state index contributed by atoms with van der Waals surface area (Å²) in [5.74, 6) is 0.403. The minimum atomic E-state index is -0.126. The molecule has 0 aromatic heterocycles. The number of amides is 1. The Morgan fingerprint density at radius 2 is 2.00 bits per heavy atom. The van der Waals surface area contributed by atoms with Crippen LogP contribution in [0.25, 0.3) is 0 Å². The molecule has 5 heteroatoms. The zero-order valence-electron chi connectivity index (χ0n) is 10.3. The SMILES string of the molecule is CC(C)CC(CBr)NC(=O)c1ccc(Cl)c(Cl)c1. The standard InChI is InChI=1S/C13H16BrCl2NO/c1-8(2)5-10(7-14)17-13(18)9-3-4-11(15)12(16)6-9/h3-4,6,8,10H,5,7H2,1-2H3,(H,17,18). The number of alkyl halides is 1. The highest BCUT2D eigenvalue weighted by Crippen LogP contribution is 2.22. The van der Waals surface area contributed by atoms with E-state index in [1.165, 1.54) is 0 Å². The lowest BCUT2D eigenvalue weighted by molar-refractivity contribution is 0.0937. The number of carbonyl (C=O) groups excluding carboxylic acids is 1. The zero-order valence-corrected chi connectivity index (χ0v) is 13.4. The van der Waals surface area contributed by atoms with Gasteiger partial charge in [-0.2, -0.15) is 0 Å². The van der Waals surface area contributed by atoms with Crippen molar-refractivity contribution in [2.75, 3.05) is 5.33 Å². The molecule has 0 aliphatic heterocycles. The summed E-state index contributed by atoms with van der Waals surface area (Å²) in [7, 11) is 0. The molecule has 2 nitrogen and oxygen atoms in total. The van der Waals surface area contributed by atoms with Gasteiger partial charge in [-0.1, -0.05) is 53.0 Å². The Kier molecular flexibility index (Phi) is 6.47. The molecular weight excluding hydrogens is 337 g/mol. The smallest absolute Gasteiger partial charge is 0.251 e. The maximum Gasteiger partial charge on any atom is 0.251 e. The molecule has 0 saturated heterocycles. The third kappa shape index (κ3) is 4.79. The first-order valence-corrected chi connectivity index (χ1v) is 7.63. The van der Waals surface area contributed by atoms with E-state index in [1.807, 2.05) is 0 Å². The van der Waals surface area contributed by atoms with E-state index in [1.54, 1.807) is 18.2 Å². The van der Waals surface area contributed by atoms with Crippen LogP contribution in [0.4, 0.5) is 0 Å². The van der Waals surface area contributed by atoms with Gasteiger partial charge in [-0.15, -0.1) is 0 Å². The fraction of sp³-hybridized carbons (Fsp3) is 0.462. The van der Waals surface area contributed by atoms with Crippen molar-refractivity contribution in [1.29, 1.82) is 0 Å². The van der Waals surface area contributed by atoms with Crippen LogP contribution in [0.15, 0.2) is 18.2 Å². The first-order valence-electron chi connectivity index (χ1n) is 5.76. The lowest BCUT2D eigenvalue weighted by atomic mass is 10.0. The van der Waals surface area contributed by atoms with Gasteiger partial charge in [0.05, 0.1) is 10.0 Å². The van der Waals surface area contributed by atoms with Gasteiger partial charge >= 0.3 is 0 Å². The summed E-state index contributed by atoms with van der Waals surface area (Å²) < 4.78 is 0. The first-order chi connectivity index (χ1) is 8.43. The van der Waals surface area contributed by atoms with E-state index in [-0.39, 0.29) is 11.9 Å². The summed E-state index contributed by atoms with van der Waals surface area (Å²) in [6.07, 6.45) is 0.929. The van der Waals surface area contributed by atoms with Crippen LogP contribution in [0.2, 0.25) is 10.0 Å². The Labute approximate surface area is 126 Å². The molecule has 0 fully saturated rings. The second-order valence-electron chi connectivity index (χ2n) is 4.58. The molecule has 0 bridgehead atoms. The van der Waals surface area contributed by atoms with Crippen molar-refractivity contribution < 1.29 is 4.79 Å². The maximum atomic E-state index is 12.0. The van der Waals surface area contributed by atoms with E-state index < -0.39 is 0 Å². The molecule has 18 heavy (non-hydrogen) atoms. The van der Waals surface area contributed by atoms with Crippen molar-refractivity contribution in [3.05, 3.63) is 33.8 Å². The van der Waals surface area contributed by atoms with Crippen molar-refractivity contribution in [2.45, 2.75) is 26.3 Å². The lowest BCUT2D eigenvalue weighted by Crippen LogP contribution is -2.37. The molecule has 0 saturated carbocycles. The van der Waals surface area contributed by atoms with E-state index in [4.69, 9.17) is 23.2 Å². The van der Waals surface area contributed by atoms with Crippen molar-refractivity contribution in [3.63, 3.8) is 0 Å². The Morgan fingerprint density at radius 1 is 1.33 bits per heavy atom. The highest BCUT2D eigenvalue weighted by Gasteiger charge is 2.14. The van der Waals surface area contributed by atoms with Gasteiger partial charge in [0.1, 0.15) is 0 Å². The number of benzene rings is 1. The van der Waals surface area contributed by atoms with E-state index in [0.717, 1.165) is 11.8 Å². The van der Waals surface area contributed by atoms with E-state index in [9.17, 15) is 4.79 Å². The van der Waals surface area contributed by atoms with Gasteiger partial charge < -0.3 is 5.32 Å². The largest absolute Gasteiger partial charge is 0.348 e. The van der Waals surface area contributed by atoms with Crippen LogP contribution in [0.1, 0.15) is 30.6 Å². The number of hydrogen-bond donors (Lipinski definition) is 1. The molecule has 1 aromatic rings. The van der Waals surface area contributed by atoms with Gasteiger partial charge in [-0.05, 0) is 30.5 Å². The van der Waals surface area contributed by atoms with Crippen LogP contribution in [-0.2, 0) is 0 Å². The van der Waals surface area contributed by atoms with Gasteiger partial charge in [0.25, 0.3) is 5.91 Å². The Hall–Kier alpha value is -0.250. The number of hydrogen-bond acceptors (Lipinski definition) is 1. The van der Waals surface area contributed by atoms with Gasteiger partial charge in [-0.3, -0.25) is 4.79 Å². The molecule has 100 valence electrons. The average molecular weight is 353 g/mol. The van der Waals surface area contributed by atoms with E-state index in [2.05, 4.69) is 35.1 Å². The fourth-order valence-corrected chi connectivity index (χ4v) is 2.36. The minimum Gasteiger partial charge on any atom is -0.348 e. The van der Waals surface area contributed by atoms with Crippen molar-refractivity contribution in [2.24, 2.45) is 5.92 Å². The highest BCUT2D eigenvalue weighted by atomic mass is 79.9. The Balaban J connectivity index is 2.71.